The van der Waals surface area contributed by atoms with Crippen molar-refractivity contribution in [3.05, 3.63) is 0 Å². The van der Waals surface area contributed by atoms with Crippen LogP contribution in [0.4, 0.5) is 0 Å². The van der Waals surface area contributed by atoms with E-state index in [1.165, 1.54) is 32.1 Å². The second-order valence-corrected chi connectivity index (χ2v) is 8.41. The standard InChI is InChI=1S/C18H32N2O/c1-12(2)16-19-18(7-5-6-8-18)17(21)20(16)15-10-13(3)9-14(4)11-15/h12-16,19H,5-11H2,1-4H3. The van der Waals surface area contributed by atoms with Gasteiger partial charge in [0.15, 0.2) is 0 Å². The van der Waals surface area contributed by atoms with Crippen LogP contribution in [0.25, 0.3) is 0 Å². The molecule has 3 atom stereocenters. The highest BCUT2D eigenvalue weighted by molar-refractivity contribution is 5.89. The molecule has 3 heteroatoms. The molecule has 1 aliphatic heterocycles. The molecule has 3 fully saturated rings. The zero-order chi connectivity index (χ0) is 15.2. The highest BCUT2D eigenvalue weighted by Crippen LogP contribution is 2.42. The molecule has 21 heavy (non-hydrogen) atoms. The molecule has 1 saturated heterocycles. The number of amides is 1. The Morgan fingerprint density at radius 1 is 1.10 bits per heavy atom. The van der Waals surface area contributed by atoms with Crippen LogP contribution < -0.4 is 5.32 Å². The quantitative estimate of drug-likeness (QED) is 0.844. The van der Waals surface area contributed by atoms with Crippen LogP contribution in [0.2, 0.25) is 0 Å². The molecule has 1 amide bonds. The lowest BCUT2D eigenvalue weighted by Crippen LogP contribution is -2.49. The first-order valence-electron chi connectivity index (χ1n) is 9.03. The SMILES string of the molecule is CC1CC(C)CC(N2C(=O)C3(CCCC3)NC2C(C)C)C1. The van der Waals surface area contributed by atoms with E-state index in [9.17, 15) is 4.79 Å². The maximum atomic E-state index is 13.2. The largest absolute Gasteiger partial charge is 0.322 e. The minimum absolute atomic E-state index is 0.209. The minimum atomic E-state index is -0.209. The molecule has 0 aromatic heterocycles. The van der Waals surface area contributed by atoms with E-state index in [4.69, 9.17) is 0 Å². The van der Waals surface area contributed by atoms with Gasteiger partial charge in [0.25, 0.3) is 0 Å². The molecular formula is C18H32N2O. The summed E-state index contributed by atoms with van der Waals surface area (Å²) in [5, 5.41) is 3.77. The van der Waals surface area contributed by atoms with E-state index in [1.54, 1.807) is 0 Å². The van der Waals surface area contributed by atoms with E-state index in [-0.39, 0.29) is 11.7 Å². The van der Waals surface area contributed by atoms with Gasteiger partial charge in [-0.1, -0.05) is 40.5 Å². The zero-order valence-electron chi connectivity index (χ0n) is 14.2. The summed E-state index contributed by atoms with van der Waals surface area (Å²) < 4.78 is 0. The Bertz CT molecular complexity index is 390. The fraction of sp³-hybridized carbons (Fsp3) is 0.944. The number of nitrogens with zero attached hydrogens (tertiary/aromatic N) is 1. The summed E-state index contributed by atoms with van der Waals surface area (Å²) in [6, 6.07) is 0.455. The molecule has 3 nitrogen and oxygen atoms in total. The van der Waals surface area contributed by atoms with Crippen LogP contribution in [0.5, 0.6) is 0 Å². The Labute approximate surface area is 129 Å². The zero-order valence-corrected chi connectivity index (χ0v) is 14.2. The van der Waals surface area contributed by atoms with E-state index < -0.39 is 0 Å². The summed E-state index contributed by atoms with van der Waals surface area (Å²) in [6.45, 7) is 9.21. The van der Waals surface area contributed by atoms with Crippen molar-refractivity contribution in [3.8, 4) is 0 Å². The fourth-order valence-electron chi connectivity index (χ4n) is 5.14. The molecule has 1 spiro atoms. The molecule has 0 radical (unpaired) electrons. The molecule has 1 N–H and O–H groups in total. The number of carbonyl (C=O) groups is 1. The van der Waals surface area contributed by atoms with Crippen molar-refractivity contribution in [2.45, 2.75) is 90.4 Å². The molecule has 3 rings (SSSR count). The molecule has 0 aromatic rings. The van der Waals surface area contributed by atoms with Gasteiger partial charge in [-0.25, -0.2) is 0 Å². The first-order chi connectivity index (χ1) is 9.93. The highest BCUT2D eigenvalue weighted by atomic mass is 16.2. The Kier molecular flexibility index (Phi) is 4.06. The van der Waals surface area contributed by atoms with Gasteiger partial charge in [0.2, 0.25) is 5.91 Å². The number of carbonyl (C=O) groups excluding carboxylic acids is 1. The van der Waals surface area contributed by atoms with Gasteiger partial charge in [0.05, 0.1) is 11.7 Å². The van der Waals surface area contributed by atoms with Gasteiger partial charge in [-0.05, 0) is 49.9 Å². The van der Waals surface area contributed by atoms with Gasteiger partial charge < -0.3 is 4.90 Å². The van der Waals surface area contributed by atoms with Crippen molar-refractivity contribution in [2.24, 2.45) is 17.8 Å². The maximum Gasteiger partial charge on any atom is 0.244 e. The van der Waals surface area contributed by atoms with Crippen LogP contribution in [0.1, 0.15) is 72.6 Å². The van der Waals surface area contributed by atoms with Gasteiger partial charge in [-0.3, -0.25) is 10.1 Å². The van der Waals surface area contributed by atoms with Crippen molar-refractivity contribution in [3.63, 3.8) is 0 Å². The average Bonchev–Trinajstić information content (AvgIpc) is 2.96. The third-order valence-electron chi connectivity index (χ3n) is 6.00. The molecule has 3 unspecified atom stereocenters. The van der Waals surface area contributed by atoms with Gasteiger partial charge >= 0.3 is 0 Å². The molecule has 1 heterocycles. The summed E-state index contributed by atoms with van der Waals surface area (Å²) in [4.78, 5) is 15.5. The fourth-order valence-corrected chi connectivity index (χ4v) is 5.14. The van der Waals surface area contributed by atoms with E-state index >= 15 is 0 Å². The third-order valence-corrected chi connectivity index (χ3v) is 6.00. The number of hydrogen-bond acceptors (Lipinski definition) is 2. The summed E-state index contributed by atoms with van der Waals surface area (Å²) in [6.07, 6.45) is 8.45. The lowest BCUT2D eigenvalue weighted by Gasteiger charge is -2.41. The van der Waals surface area contributed by atoms with Gasteiger partial charge in [-0.15, -0.1) is 0 Å². The van der Waals surface area contributed by atoms with Crippen LogP contribution >= 0.6 is 0 Å². The third kappa shape index (κ3) is 2.62. The lowest BCUT2D eigenvalue weighted by atomic mass is 9.79. The second-order valence-electron chi connectivity index (χ2n) is 8.41. The Morgan fingerprint density at radius 3 is 2.19 bits per heavy atom. The van der Waals surface area contributed by atoms with Crippen LogP contribution in [0.15, 0.2) is 0 Å². The Balaban J connectivity index is 1.85. The lowest BCUT2D eigenvalue weighted by molar-refractivity contribution is -0.137. The highest BCUT2D eigenvalue weighted by Gasteiger charge is 2.54. The van der Waals surface area contributed by atoms with Crippen LogP contribution in [0.3, 0.4) is 0 Å². The monoisotopic (exact) mass is 292 g/mol. The topological polar surface area (TPSA) is 32.3 Å². The van der Waals surface area contributed by atoms with Gasteiger partial charge in [-0.2, -0.15) is 0 Å². The molecule has 2 aliphatic carbocycles. The average molecular weight is 292 g/mol. The first kappa shape index (κ1) is 15.3. The molecule has 0 aromatic carbocycles. The smallest absolute Gasteiger partial charge is 0.244 e. The van der Waals surface area contributed by atoms with E-state index in [2.05, 4.69) is 37.9 Å². The van der Waals surface area contributed by atoms with Crippen molar-refractivity contribution in [1.82, 2.24) is 10.2 Å². The van der Waals surface area contributed by atoms with E-state index in [0.717, 1.165) is 24.7 Å². The number of hydrogen-bond donors (Lipinski definition) is 1. The van der Waals surface area contributed by atoms with Crippen molar-refractivity contribution < 1.29 is 4.79 Å². The summed E-state index contributed by atoms with van der Waals surface area (Å²) in [5.74, 6) is 2.41. The van der Waals surface area contributed by atoms with Crippen LogP contribution in [0, 0.1) is 17.8 Å². The van der Waals surface area contributed by atoms with Gasteiger partial charge in [0.1, 0.15) is 0 Å². The van der Waals surface area contributed by atoms with Crippen LogP contribution in [-0.4, -0.2) is 28.6 Å². The summed E-state index contributed by atoms with van der Waals surface area (Å²) >= 11 is 0. The van der Waals surface area contributed by atoms with Gasteiger partial charge in [0, 0.05) is 6.04 Å². The van der Waals surface area contributed by atoms with E-state index in [0.29, 0.717) is 17.9 Å². The normalized spacial score (nSPS) is 39.7. The maximum absolute atomic E-state index is 13.2. The number of rotatable bonds is 2. The van der Waals surface area contributed by atoms with Crippen molar-refractivity contribution in [2.75, 3.05) is 0 Å². The second kappa shape index (κ2) is 5.57. The Hall–Kier alpha value is -0.570. The van der Waals surface area contributed by atoms with Crippen molar-refractivity contribution in [1.29, 1.82) is 0 Å². The predicted molar refractivity (Wildman–Crippen MR) is 85.8 cm³/mol. The first-order valence-corrected chi connectivity index (χ1v) is 9.03. The molecule has 120 valence electrons. The van der Waals surface area contributed by atoms with E-state index in [1.807, 2.05) is 0 Å². The van der Waals surface area contributed by atoms with Crippen molar-refractivity contribution >= 4 is 5.91 Å². The summed E-state index contributed by atoms with van der Waals surface area (Å²) in [7, 11) is 0. The van der Waals surface area contributed by atoms with Crippen LogP contribution in [-0.2, 0) is 4.79 Å². The molecular weight excluding hydrogens is 260 g/mol. The Morgan fingerprint density at radius 2 is 1.67 bits per heavy atom. The summed E-state index contributed by atoms with van der Waals surface area (Å²) in [5.41, 5.74) is -0.209. The predicted octanol–water partition coefficient (Wildman–Crippen LogP) is 3.54. The minimum Gasteiger partial charge on any atom is -0.322 e. The molecule has 2 saturated carbocycles. The molecule has 0 bridgehead atoms. The molecule has 3 aliphatic rings. The number of nitrogens with one attached hydrogen (secondary N) is 1.